The molecule has 0 heterocycles. The fraction of sp³-hybridized carbons (Fsp3) is 0.278. The van der Waals surface area contributed by atoms with Crippen LogP contribution in [0.25, 0.3) is 0 Å². The summed E-state index contributed by atoms with van der Waals surface area (Å²) in [4.78, 5) is 11.3. The number of hydrogen-bond donors (Lipinski definition) is 2. The van der Waals surface area contributed by atoms with Gasteiger partial charge in [0.15, 0.2) is 0 Å². The van der Waals surface area contributed by atoms with Crippen molar-refractivity contribution >= 4 is 17.3 Å². The van der Waals surface area contributed by atoms with E-state index in [-0.39, 0.29) is 5.91 Å². The minimum absolute atomic E-state index is 0.0266. The first kappa shape index (κ1) is 15.9. The number of ether oxygens (including phenoxy) is 1. The fourth-order valence-corrected chi connectivity index (χ4v) is 2.10. The lowest BCUT2D eigenvalue weighted by atomic mass is 10.1. The zero-order valence-corrected chi connectivity index (χ0v) is 13.1. The van der Waals surface area contributed by atoms with Gasteiger partial charge < -0.3 is 15.4 Å². The van der Waals surface area contributed by atoms with E-state index < -0.39 is 0 Å². The standard InChI is InChI=1S/C18H22N2O2/c1-3-18(21)20-16-9-7-15(8-10-16)19-12-11-14-5-4-6-17(13-14)22-2/h4-10,13,19H,3,11-12H2,1-2H3,(H,20,21). The van der Waals surface area contributed by atoms with Crippen molar-refractivity contribution in [3.8, 4) is 5.75 Å². The highest BCUT2D eigenvalue weighted by Crippen LogP contribution is 2.15. The number of hydrogen-bond acceptors (Lipinski definition) is 3. The van der Waals surface area contributed by atoms with Gasteiger partial charge in [-0.3, -0.25) is 4.79 Å². The summed E-state index contributed by atoms with van der Waals surface area (Å²) in [5, 5.41) is 6.20. The zero-order chi connectivity index (χ0) is 15.8. The molecule has 0 saturated carbocycles. The first-order chi connectivity index (χ1) is 10.7. The van der Waals surface area contributed by atoms with Gasteiger partial charge in [-0.1, -0.05) is 19.1 Å². The van der Waals surface area contributed by atoms with E-state index in [9.17, 15) is 4.79 Å². The Hall–Kier alpha value is -2.49. The minimum atomic E-state index is 0.0266. The molecule has 0 bridgehead atoms. The maximum absolute atomic E-state index is 11.3. The molecule has 1 amide bonds. The van der Waals surface area contributed by atoms with Crippen molar-refractivity contribution in [3.63, 3.8) is 0 Å². The number of carbonyl (C=O) groups is 1. The molecule has 2 N–H and O–H groups in total. The molecule has 116 valence electrons. The van der Waals surface area contributed by atoms with Crippen LogP contribution in [0, 0.1) is 0 Å². The normalized spacial score (nSPS) is 10.1. The number of carbonyl (C=O) groups excluding carboxylic acids is 1. The van der Waals surface area contributed by atoms with Crippen LogP contribution in [0.15, 0.2) is 48.5 Å². The molecule has 0 aliphatic carbocycles. The molecule has 4 heteroatoms. The van der Waals surface area contributed by atoms with Crippen LogP contribution in [0.5, 0.6) is 5.75 Å². The summed E-state index contributed by atoms with van der Waals surface area (Å²) in [5.74, 6) is 0.909. The summed E-state index contributed by atoms with van der Waals surface area (Å²) in [6.45, 7) is 2.68. The SMILES string of the molecule is CCC(=O)Nc1ccc(NCCc2cccc(OC)c2)cc1. The lowest BCUT2D eigenvalue weighted by Crippen LogP contribution is -2.09. The first-order valence-corrected chi connectivity index (χ1v) is 7.48. The molecule has 0 atom stereocenters. The molecule has 0 fully saturated rings. The summed E-state index contributed by atoms with van der Waals surface area (Å²) in [6, 6.07) is 15.8. The number of rotatable bonds is 7. The molecule has 2 aromatic carbocycles. The molecular formula is C18H22N2O2. The van der Waals surface area contributed by atoms with Crippen LogP contribution in [0.2, 0.25) is 0 Å². The smallest absolute Gasteiger partial charge is 0.224 e. The van der Waals surface area contributed by atoms with E-state index in [0.717, 1.165) is 30.1 Å². The highest BCUT2D eigenvalue weighted by Gasteiger charge is 2.00. The molecule has 0 saturated heterocycles. The monoisotopic (exact) mass is 298 g/mol. The van der Waals surface area contributed by atoms with E-state index in [1.807, 2.05) is 49.4 Å². The predicted molar refractivity (Wildman–Crippen MR) is 90.6 cm³/mol. The number of methoxy groups -OCH3 is 1. The van der Waals surface area contributed by atoms with Gasteiger partial charge in [0.1, 0.15) is 5.75 Å². The van der Waals surface area contributed by atoms with Crippen LogP contribution < -0.4 is 15.4 Å². The molecule has 2 aromatic rings. The van der Waals surface area contributed by atoms with Gasteiger partial charge in [-0.25, -0.2) is 0 Å². The summed E-state index contributed by atoms with van der Waals surface area (Å²) in [6.07, 6.45) is 1.41. The minimum Gasteiger partial charge on any atom is -0.497 e. The Morgan fingerprint density at radius 2 is 1.82 bits per heavy atom. The average molecular weight is 298 g/mol. The lowest BCUT2D eigenvalue weighted by molar-refractivity contribution is -0.115. The number of benzene rings is 2. The predicted octanol–water partition coefficient (Wildman–Crippen LogP) is 3.70. The van der Waals surface area contributed by atoms with Crippen molar-refractivity contribution in [2.75, 3.05) is 24.3 Å². The van der Waals surface area contributed by atoms with Crippen molar-refractivity contribution in [1.82, 2.24) is 0 Å². The lowest BCUT2D eigenvalue weighted by Gasteiger charge is -2.09. The Morgan fingerprint density at radius 1 is 1.09 bits per heavy atom. The molecule has 22 heavy (non-hydrogen) atoms. The van der Waals surface area contributed by atoms with Crippen LogP contribution >= 0.6 is 0 Å². The van der Waals surface area contributed by atoms with Crippen LogP contribution in [-0.2, 0) is 11.2 Å². The third-order valence-corrected chi connectivity index (χ3v) is 3.37. The van der Waals surface area contributed by atoms with Gasteiger partial charge in [0.2, 0.25) is 5.91 Å². The Balaban J connectivity index is 1.82. The average Bonchev–Trinajstić information content (AvgIpc) is 2.56. The zero-order valence-electron chi connectivity index (χ0n) is 13.1. The Morgan fingerprint density at radius 3 is 2.50 bits per heavy atom. The Labute approximate surface area is 131 Å². The molecule has 0 spiro atoms. The molecule has 0 radical (unpaired) electrons. The molecule has 0 aliphatic rings. The van der Waals surface area contributed by atoms with E-state index in [1.54, 1.807) is 7.11 Å². The largest absolute Gasteiger partial charge is 0.497 e. The third-order valence-electron chi connectivity index (χ3n) is 3.37. The number of amides is 1. The molecule has 0 aliphatic heterocycles. The van der Waals surface area contributed by atoms with E-state index in [4.69, 9.17) is 4.74 Å². The summed E-state index contributed by atoms with van der Waals surface area (Å²) in [5.41, 5.74) is 3.10. The van der Waals surface area contributed by atoms with E-state index in [2.05, 4.69) is 16.7 Å². The molecule has 4 nitrogen and oxygen atoms in total. The van der Waals surface area contributed by atoms with Crippen molar-refractivity contribution in [3.05, 3.63) is 54.1 Å². The number of anilines is 2. The highest BCUT2D eigenvalue weighted by atomic mass is 16.5. The maximum atomic E-state index is 11.3. The molecule has 2 rings (SSSR count). The van der Waals surface area contributed by atoms with Crippen molar-refractivity contribution in [1.29, 1.82) is 0 Å². The van der Waals surface area contributed by atoms with Gasteiger partial charge in [-0.05, 0) is 48.4 Å². The second-order valence-electron chi connectivity index (χ2n) is 5.01. The quantitative estimate of drug-likeness (QED) is 0.819. The van der Waals surface area contributed by atoms with E-state index in [0.29, 0.717) is 6.42 Å². The van der Waals surface area contributed by atoms with Gasteiger partial charge in [0.25, 0.3) is 0 Å². The summed E-state index contributed by atoms with van der Waals surface area (Å²) < 4.78 is 5.22. The first-order valence-electron chi connectivity index (χ1n) is 7.48. The molecular weight excluding hydrogens is 276 g/mol. The van der Waals surface area contributed by atoms with E-state index in [1.165, 1.54) is 5.56 Å². The summed E-state index contributed by atoms with van der Waals surface area (Å²) >= 11 is 0. The van der Waals surface area contributed by atoms with Crippen molar-refractivity contribution in [2.24, 2.45) is 0 Å². The molecule has 0 unspecified atom stereocenters. The summed E-state index contributed by atoms with van der Waals surface area (Å²) in [7, 11) is 1.68. The van der Waals surface area contributed by atoms with Crippen LogP contribution in [0.3, 0.4) is 0 Å². The maximum Gasteiger partial charge on any atom is 0.224 e. The molecule has 0 aromatic heterocycles. The van der Waals surface area contributed by atoms with Gasteiger partial charge in [0.05, 0.1) is 7.11 Å². The fourth-order valence-electron chi connectivity index (χ4n) is 2.10. The van der Waals surface area contributed by atoms with Gasteiger partial charge >= 0.3 is 0 Å². The van der Waals surface area contributed by atoms with Gasteiger partial charge in [-0.2, -0.15) is 0 Å². The Bertz CT molecular complexity index is 609. The second kappa shape index (κ2) is 8.08. The van der Waals surface area contributed by atoms with Crippen LogP contribution in [0.1, 0.15) is 18.9 Å². The third kappa shape index (κ3) is 4.81. The topological polar surface area (TPSA) is 50.4 Å². The van der Waals surface area contributed by atoms with Gasteiger partial charge in [-0.15, -0.1) is 0 Å². The van der Waals surface area contributed by atoms with Crippen LogP contribution in [-0.4, -0.2) is 19.6 Å². The Kier molecular flexibility index (Phi) is 5.83. The number of nitrogens with one attached hydrogen (secondary N) is 2. The van der Waals surface area contributed by atoms with Crippen molar-refractivity contribution < 1.29 is 9.53 Å². The van der Waals surface area contributed by atoms with Gasteiger partial charge in [0, 0.05) is 24.3 Å². The van der Waals surface area contributed by atoms with E-state index >= 15 is 0 Å². The highest BCUT2D eigenvalue weighted by molar-refractivity contribution is 5.90. The van der Waals surface area contributed by atoms with Crippen molar-refractivity contribution in [2.45, 2.75) is 19.8 Å². The second-order valence-corrected chi connectivity index (χ2v) is 5.01. The van der Waals surface area contributed by atoms with Crippen LogP contribution in [0.4, 0.5) is 11.4 Å².